The van der Waals surface area contributed by atoms with Crippen molar-refractivity contribution < 1.29 is 0 Å². The third-order valence-corrected chi connectivity index (χ3v) is 20.5. The van der Waals surface area contributed by atoms with Crippen molar-refractivity contribution in [3.8, 4) is 0 Å². The molecular weight excluding hydrogens is 682 g/mol. The molecule has 5 aromatic rings. The number of hydrogen-bond donors (Lipinski definition) is 0. The Kier molecular flexibility index (Phi) is 11.1. The molecule has 0 nitrogen and oxygen atoms in total. The molecule has 0 saturated carbocycles. The molecule has 0 saturated heterocycles. The molecule has 7 rings (SSSR count). The molecule has 0 amide bonds. The summed E-state index contributed by atoms with van der Waals surface area (Å²) in [5.74, 6) is 1.49. The van der Waals surface area contributed by atoms with Gasteiger partial charge in [-0.3, -0.25) is 0 Å². The SMILES string of the molecule is C.CC(C)c1cc(C(C)C)c(B2c3ccccc3C=Cc3ccccc32)c(C(C)C)c1.[CH3][Sn]1([CH3])[c]2ccccc2C=Cc2cccc[c]21. The second kappa shape index (κ2) is 14.9. The number of rotatable bonds is 4. The van der Waals surface area contributed by atoms with Crippen LogP contribution in [0.15, 0.2) is 109 Å². The molecule has 0 unspecified atom stereocenters. The van der Waals surface area contributed by atoms with Crippen molar-refractivity contribution in [2.45, 2.75) is 76.6 Å². The van der Waals surface area contributed by atoms with Crippen molar-refractivity contribution in [2.75, 3.05) is 0 Å². The van der Waals surface area contributed by atoms with E-state index in [0.29, 0.717) is 17.8 Å². The third-order valence-electron chi connectivity index (χ3n) is 10.2. The van der Waals surface area contributed by atoms with Crippen LogP contribution in [0.5, 0.6) is 0 Å². The first-order valence-electron chi connectivity index (χ1n) is 17.5. The molecular formula is C46H53BSn. The van der Waals surface area contributed by atoms with Crippen LogP contribution >= 0.6 is 0 Å². The van der Waals surface area contributed by atoms with E-state index in [4.69, 9.17) is 0 Å². The first-order chi connectivity index (χ1) is 22.6. The van der Waals surface area contributed by atoms with E-state index < -0.39 is 18.4 Å². The van der Waals surface area contributed by atoms with Crippen molar-refractivity contribution in [1.82, 2.24) is 0 Å². The van der Waals surface area contributed by atoms with Gasteiger partial charge in [-0.1, -0.05) is 138 Å². The maximum atomic E-state index is 2.51. The van der Waals surface area contributed by atoms with E-state index in [1.54, 1.807) is 7.16 Å². The van der Waals surface area contributed by atoms with E-state index >= 15 is 0 Å². The van der Waals surface area contributed by atoms with Crippen LogP contribution in [0, 0.1) is 0 Å². The van der Waals surface area contributed by atoms with Crippen molar-refractivity contribution in [3.05, 3.63) is 148 Å². The van der Waals surface area contributed by atoms with Crippen molar-refractivity contribution in [3.63, 3.8) is 0 Å². The summed E-state index contributed by atoms with van der Waals surface area (Å²) in [6.45, 7) is 14.3. The average molecular weight is 735 g/mol. The van der Waals surface area contributed by atoms with E-state index in [1.807, 2.05) is 0 Å². The van der Waals surface area contributed by atoms with E-state index in [1.165, 1.54) is 55.3 Å². The van der Waals surface area contributed by atoms with Gasteiger partial charge in [-0.05, 0) is 45.6 Å². The summed E-state index contributed by atoms with van der Waals surface area (Å²) in [6.07, 6.45) is 9.14. The van der Waals surface area contributed by atoms with Gasteiger partial charge in [0.05, 0.1) is 0 Å². The normalized spacial score (nSPS) is 13.8. The maximum absolute atomic E-state index is 2.51. The van der Waals surface area contributed by atoms with Gasteiger partial charge in [-0.2, -0.15) is 0 Å². The summed E-state index contributed by atoms with van der Waals surface area (Å²) in [7, 11) is 0. The molecule has 0 aromatic heterocycles. The Morgan fingerprint density at radius 1 is 0.458 bits per heavy atom. The molecule has 5 aromatic carbocycles. The first-order valence-corrected chi connectivity index (χ1v) is 26.0. The topological polar surface area (TPSA) is 0 Å². The predicted octanol–water partition coefficient (Wildman–Crippen LogP) is 9.69. The van der Waals surface area contributed by atoms with E-state index in [0.717, 1.165) is 0 Å². The second-order valence-electron chi connectivity index (χ2n) is 14.7. The van der Waals surface area contributed by atoms with Crippen LogP contribution in [0.25, 0.3) is 24.3 Å². The Morgan fingerprint density at radius 2 is 0.812 bits per heavy atom. The van der Waals surface area contributed by atoms with Crippen LogP contribution in [-0.4, -0.2) is 25.1 Å². The van der Waals surface area contributed by atoms with Crippen LogP contribution in [0.2, 0.25) is 9.88 Å². The number of benzene rings is 5. The van der Waals surface area contributed by atoms with Crippen LogP contribution < -0.4 is 23.5 Å². The van der Waals surface area contributed by atoms with Gasteiger partial charge in [0, 0.05) is 0 Å². The van der Waals surface area contributed by atoms with E-state index in [-0.39, 0.29) is 14.1 Å². The van der Waals surface area contributed by atoms with Crippen LogP contribution in [-0.2, 0) is 0 Å². The Balaban J connectivity index is 0.000000212. The molecule has 0 N–H and O–H groups in total. The summed E-state index contributed by atoms with van der Waals surface area (Å²) in [5, 5.41) is 0. The van der Waals surface area contributed by atoms with Crippen molar-refractivity contribution in [1.29, 1.82) is 0 Å². The molecule has 48 heavy (non-hydrogen) atoms. The van der Waals surface area contributed by atoms with Crippen LogP contribution in [0.1, 0.15) is 106 Å². The summed E-state index contributed by atoms with van der Waals surface area (Å²) in [4.78, 5) is 5.03. The van der Waals surface area contributed by atoms with Crippen LogP contribution in [0.3, 0.4) is 0 Å². The van der Waals surface area contributed by atoms with Gasteiger partial charge in [0.2, 0.25) is 6.71 Å². The van der Waals surface area contributed by atoms with Gasteiger partial charge >= 0.3 is 107 Å². The molecule has 2 aliphatic rings. The molecule has 244 valence electrons. The Labute approximate surface area is 296 Å². The number of hydrogen-bond acceptors (Lipinski definition) is 0. The summed E-state index contributed by atoms with van der Waals surface area (Å²) >= 11 is -2.37. The zero-order valence-corrected chi connectivity index (χ0v) is 32.4. The zero-order chi connectivity index (χ0) is 33.3. The molecule has 2 heterocycles. The molecule has 0 atom stereocenters. The molecule has 2 heteroatoms. The first kappa shape index (κ1) is 35.7. The summed E-state index contributed by atoms with van der Waals surface area (Å²) in [6, 6.07) is 40.7. The fraction of sp³-hybridized carbons (Fsp3) is 0.261. The molecule has 2 aliphatic heterocycles. The Bertz CT molecular complexity index is 1830. The fourth-order valence-electron chi connectivity index (χ4n) is 7.60. The molecule has 0 radical (unpaired) electrons. The Morgan fingerprint density at radius 3 is 1.21 bits per heavy atom. The third kappa shape index (κ3) is 6.95. The molecule has 0 bridgehead atoms. The minimum absolute atomic E-state index is 0. The van der Waals surface area contributed by atoms with E-state index in [2.05, 4.69) is 185 Å². The Hall–Kier alpha value is -3.56. The average Bonchev–Trinajstić information content (AvgIpc) is 3.30. The van der Waals surface area contributed by atoms with Crippen molar-refractivity contribution in [2.24, 2.45) is 0 Å². The molecule has 0 spiro atoms. The quantitative estimate of drug-likeness (QED) is 0.158. The fourth-order valence-corrected chi connectivity index (χ4v) is 16.4. The van der Waals surface area contributed by atoms with Crippen molar-refractivity contribution >= 4 is 72.9 Å². The summed E-state index contributed by atoms with van der Waals surface area (Å²) in [5.41, 5.74) is 14.3. The number of fused-ring (bicyclic) bond motifs is 4. The van der Waals surface area contributed by atoms with Gasteiger partial charge in [0.1, 0.15) is 0 Å². The van der Waals surface area contributed by atoms with E-state index in [9.17, 15) is 0 Å². The monoisotopic (exact) mass is 736 g/mol. The standard InChI is InChI=1S/C29H33B.C14H10.CH4.2CH3.Sn/c1-19(2)24-17-25(20(3)4)29(26(18-24)21(5)6)30-27-13-9-7-11-22(27)15-16-23-12-8-10-14-28(23)30;1-3-7-13(8-4-1)11-12-14-9-5-2-6-10-14;;;;/h7-21H,1-6H3;1-7,9,11-12H;1H4;2*1H3;. The van der Waals surface area contributed by atoms with Crippen LogP contribution in [0.4, 0.5) is 0 Å². The van der Waals surface area contributed by atoms with Gasteiger partial charge < -0.3 is 0 Å². The minimum atomic E-state index is -2.37. The predicted molar refractivity (Wildman–Crippen MR) is 220 cm³/mol. The summed E-state index contributed by atoms with van der Waals surface area (Å²) < 4.78 is 3.23. The molecule has 0 aliphatic carbocycles. The van der Waals surface area contributed by atoms with Gasteiger partial charge in [0.25, 0.3) is 0 Å². The van der Waals surface area contributed by atoms with Gasteiger partial charge in [-0.25, -0.2) is 0 Å². The zero-order valence-electron chi connectivity index (χ0n) is 29.5. The van der Waals surface area contributed by atoms with Gasteiger partial charge in [0.15, 0.2) is 0 Å². The van der Waals surface area contributed by atoms with Gasteiger partial charge in [-0.15, -0.1) is 0 Å². The second-order valence-corrected chi connectivity index (χ2v) is 27.1. The molecule has 0 fully saturated rings.